The highest BCUT2D eigenvalue weighted by molar-refractivity contribution is 5.93. The SMILES string of the molecule is COc1ccc(-c2oc3cc(C)ccc3c(=O)c2OCC(=O)Nc2ccccc2C)cc1. The molecule has 0 aliphatic rings. The average Bonchev–Trinajstić information content (AvgIpc) is 2.79. The number of carbonyl (C=O) groups is 1. The smallest absolute Gasteiger partial charge is 0.262 e. The van der Waals surface area contributed by atoms with Crippen LogP contribution < -0.4 is 20.2 Å². The Labute approximate surface area is 185 Å². The lowest BCUT2D eigenvalue weighted by Gasteiger charge is -2.13. The maximum atomic E-state index is 13.2. The lowest BCUT2D eigenvalue weighted by atomic mass is 10.1. The van der Waals surface area contributed by atoms with Gasteiger partial charge in [0.1, 0.15) is 11.3 Å². The van der Waals surface area contributed by atoms with Crippen LogP contribution in [0.1, 0.15) is 11.1 Å². The molecular weight excluding hydrogens is 406 g/mol. The normalized spacial score (nSPS) is 10.7. The molecule has 0 radical (unpaired) electrons. The molecule has 0 fully saturated rings. The molecular formula is C26H23NO5. The number of hydrogen-bond donors (Lipinski definition) is 1. The van der Waals surface area contributed by atoms with E-state index in [9.17, 15) is 9.59 Å². The van der Waals surface area contributed by atoms with Crippen LogP contribution in [0.15, 0.2) is 75.9 Å². The first kappa shape index (κ1) is 21.2. The quantitative estimate of drug-likeness (QED) is 0.461. The summed E-state index contributed by atoms with van der Waals surface area (Å²) >= 11 is 0. The van der Waals surface area contributed by atoms with Gasteiger partial charge in [-0.05, 0) is 67.4 Å². The number of amides is 1. The molecule has 6 heteroatoms. The molecule has 0 aliphatic carbocycles. The number of hydrogen-bond acceptors (Lipinski definition) is 5. The Bertz CT molecular complexity index is 1340. The number of benzene rings is 3. The number of fused-ring (bicyclic) bond motifs is 1. The van der Waals surface area contributed by atoms with Crippen molar-refractivity contribution in [1.29, 1.82) is 0 Å². The first-order valence-corrected chi connectivity index (χ1v) is 10.2. The van der Waals surface area contributed by atoms with Gasteiger partial charge in [-0.3, -0.25) is 9.59 Å². The van der Waals surface area contributed by atoms with Crippen molar-refractivity contribution >= 4 is 22.6 Å². The number of aryl methyl sites for hydroxylation is 2. The summed E-state index contributed by atoms with van der Waals surface area (Å²) in [5.74, 6) is 0.557. The number of ether oxygens (including phenoxy) is 2. The highest BCUT2D eigenvalue weighted by Gasteiger charge is 2.19. The predicted octanol–water partition coefficient (Wildman–Crippen LogP) is 5.10. The number of carbonyl (C=O) groups excluding carboxylic acids is 1. The molecule has 0 saturated carbocycles. The summed E-state index contributed by atoms with van der Waals surface area (Å²) in [7, 11) is 1.58. The summed E-state index contributed by atoms with van der Waals surface area (Å²) in [6.45, 7) is 3.49. The van der Waals surface area contributed by atoms with Crippen LogP contribution in [0.5, 0.6) is 11.5 Å². The fraction of sp³-hybridized carbons (Fsp3) is 0.154. The molecule has 0 atom stereocenters. The Morgan fingerprint density at radius 1 is 1.00 bits per heavy atom. The molecule has 0 saturated heterocycles. The highest BCUT2D eigenvalue weighted by atomic mass is 16.5. The molecule has 162 valence electrons. The molecule has 1 N–H and O–H groups in total. The minimum Gasteiger partial charge on any atom is -0.497 e. The number of anilines is 1. The molecule has 0 spiro atoms. The number of nitrogens with one attached hydrogen (secondary N) is 1. The molecule has 0 unspecified atom stereocenters. The van der Waals surface area contributed by atoms with Crippen LogP contribution in [0, 0.1) is 13.8 Å². The third-order valence-corrected chi connectivity index (χ3v) is 5.13. The van der Waals surface area contributed by atoms with Gasteiger partial charge in [-0.1, -0.05) is 24.3 Å². The molecule has 4 rings (SSSR count). The Balaban J connectivity index is 1.70. The van der Waals surface area contributed by atoms with Crippen LogP contribution in [0.2, 0.25) is 0 Å². The van der Waals surface area contributed by atoms with Gasteiger partial charge in [-0.2, -0.15) is 0 Å². The predicted molar refractivity (Wildman–Crippen MR) is 125 cm³/mol. The topological polar surface area (TPSA) is 77.8 Å². The first-order valence-electron chi connectivity index (χ1n) is 10.2. The van der Waals surface area contributed by atoms with E-state index in [1.807, 2.05) is 44.2 Å². The first-order chi connectivity index (χ1) is 15.5. The minimum atomic E-state index is -0.372. The van der Waals surface area contributed by atoms with Gasteiger partial charge in [0, 0.05) is 11.3 Å². The van der Waals surface area contributed by atoms with Gasteiger partial charge >= 0.3 is 0 Å². The van der Waals surface area contributed by atoms with E-state index >= 15 is 0 Å². The summed E-state index contributed by atoms with van der Waals surface area (Å²) in [6, 6.07) is 19.9. The molecule has 6 nitrogen and oxygen atoms in total. The van der Waals surface area contributed by atoms with Gasteiger partial charge in [-0.15, -0.1) is 0 Å². The van der Waals surface area contributed by atoms with Crippen LogP contribution in [0.25, 0.3) is 22.3 Å². The standard InChI is InChI=1S/C26H23NO5/c1-16-8-13-20-22(14-16)32-25(18-9-11-19(30-3)12-10-18)26(24(20)29)31-15-23(28)27-21-7-5-4-6-17(21)2/h4-14H,15H2,1-3H3,(H,27,28). The van der Waals surface area contributed by atoms with Crippen molar-refractivity contribution in [2.24, 2.45) is 0 Å². The van der Waals surface area contributed by atoms with E-state index in [1.165, 1.54) is 0 Å². The third-order valence-electron chi connectivity index (χ3n) is 5.13. The second kappa shape index (κ2) is 8.98. The van der Waals surface area contributed by atoms with E-state index in [-0.39, 0.29) is 29.5 Å². The van der Waals surface area contributed by atoms with Gasteiger partial charge in [0.2, 0.25) is 11.2 Å². The van der Waals surface area contributed by atoms with Gasteiger partial charge in [-0.25, -0.2) is 0 Å². The molecule has 32 heavy (non-hydrogen) atoms. The van der Waals surface area contributed by atoms with E-state index in [0.717, 1.165) is 11.1 Å². The van der Waals surface area contributed by atoms with Gasteiger partial charge in [0.25, 0.3) is 5.91 Å². The van der Waals surface area contributed by atoms with E-state index < -0.39 is 0 Å². The van der Waals surface area contributed by atoms with Crippen LogP contribution in [0.4, 0.5) is 5.69 Å². The van der Waals surface area contributed by atoms with Crippen molar-refractivity contribution in [3.8, 4) is 22.8 Å². The number of para-hydroxylation sites is 1. The van der Waals surface area contributed by atoms with E-state index in [2.05, 4.69) is 5.32 Å². The zero-order chi connectivity index (χ0) is 22.7. The largest absolute Gasteiger partial charge is 0.497 e. The fourth-order valence-corrected chi connectivity index (χ4v) is 3.38. The van der Waals surface area contributed by atoms with Crippen LogP contribution in [0.3, 0.4) is 0 Å². The lowest BCUT2D eigenvalue weighted by molar-refractivity contribution is -0.118. The van der Waals surface area contributed by atoms with Crippen molar-refractivity contribution < 1.29 is 18.7 Å². The van der Waals surface area contributed by atoms with E-state index in [4.69, 9.17) is 13.9 Å². The Hall–Kier alpha value is -4.06. The monoisotopic (exact) mass is 429 g/mol. The van der Waals surface area contributed by atoms with Crippen molar-refractivity contribution in [2.45, 2.75) is 13.8 Å². The third kappa shape index (κ3) is 4.34. The maximum Gasteiger partial charge on any atom is 0.262 e. The van der Waals surface area contributed by atoms with Crippen molar-refractivity contribution in [3.05, 3.63) is 88.1 Å². The second-order valence-corrected chi connectivity index (χ2v) is 7.47. The minimum absolute atomic E-state index is 0.00791. The molecule has 1 heterocycles. The summed E-state index contributed by atoms with van der Waals surface area (Å²) in [4.78, 5) is 25.7. The zero-order valence-electron chi connectivity index (χ0n) is 18.1. The molecule has 0 aliphatic heterocycles. The summed E-state index contributed by atoms with van der Waals surface area (Å²) in [6.07, 6.45) is 0. The summed E-state index contributed by atoms with van der Waals surface area (Å²) in [5.41, 5.74) is 3.35. The highest BCUT2D eigenvalue weighted by Crippen LogP contribution is 2.32. The molecule has 1 aromatic heterocycles. The van der Waals surface area contributed by atoms with Crippen molar-refractivity contribution in [1.82, 2.24) is 0 Å². The summed E-state index contributed by atoms with van der Waals surface area (Å²) < 4.78 is 17.0. The molecule has 0 bridgehead atoms. The Kier molecular flexibility index (Phi) is 5.94. The van der Waals surface area contributed by atoms with Gasteiger partial charge in [0.05, 0.1) is 12.5 Å². The van der Waals surface area contributed by atoms with Crippen molar-refractivity contribution in [3.63, 3.8) is 0 Å². The van der Waals surface area contributed by atoms with Gasteiger partial charge < -0.3 is 19.2 Å². The summed E-state index contributed by atoms with van der Waals surface area (Å²) in [5, 5.41) is 3.20. The van der Waals surface area contributed by atoms with Gasteiger partial charge in [0.15, 0.2) is 12.4 Å². The lowest BCUT2D eigenvalue weighted by Crippen LogP contribution is -2.23. The van der Waals surface area contributed by atoms with Crippen LogP contribution >= 0.6 is 0 Å². The number of methoxy groups -OCH3 is 1. The van der Waals surface area contributed by atoms with E-state index in [0.29, 0.717) is 28.0 Å². The maximum absolute atomic E-state index is 13.2. The van der Waals surface area contributed by atoms with Crippen molar-refractivity contribution in [2.75, 3.05) is 19.0 Å². The zero-order valence-corrected chi connectivity index (χ0v) is 18.1. The number of rotatable bonds is 6. The Morgan fingerprint density at radius 2 is 1.75 bits per heavy atom. The Morgan fingerprint density at radius 3 is 2.47 bits per heavy atom. The van der Waals surface area contributed by atoms with E-state index in [1.54, 1.807) is 43.5 Å². The second-order valence-electron chi connectivity index (χ2n) is 7.47. The van der Waals surface area contributed by atoms with Crippen LogP contribution in [-0.4, -0.2) is 19.6 Å². The molecule has 4 aromatic rings. The molecule has 1 amide bonds. The van der Waals surface area contributed by atoms with Crippen LogP contribution in [-0.2, 0) is 4.79 Å². The fourth-order valence-electron chi connectivity index (χ4n) is 3.38. The molecule has 3 aromatic carbocycles. The average molecular weight is 429 g/mol.